The summed E-state index contributed by atoms with van der Waals surface area (Å²) < 4.78 is 33.2. The van der Waals surface area contributed by atoms with E-state index in [1.165, 1.54) is 30.3 Å². The van der Waals surface area contributed by atoms with Gasteiger partial charge in [-0.05, 0) is 47.5 Å². The summed E-state index contributed by atoms with van der Waals surface area (Å²) in [5.74, 6) is -3.13. The molecule has 1 aromatic heterocycles. The van der Waals surface area contributed by atoms with E-state index < -0.39 is 28.8 Å². The summed E-state index contributed by atoms with van der Waals surface area (Å²) in [7, 11) is 0. The molecule has 4 rings (SSSR count). The predicted octanol–water partition coefficient (Wildman–Crippen LogP) is 4.52. The van der Waals surface area contributed by atoms with Gasteiger partial charge in [0.05, 0.1) is 5.56 Å². The Balaban J connectivity index is 2.15. The lowest BCUT2D eigenvalue weighted by Gasteiger charge is -2.13. The topological polar surface area (TPSA) is 90.9 Å². The minimum atomic E-state index is -0.939. The fourth-order valence-electron chi connectivity index (χ4n) is 3.08. The van der Waals surface area contributed by atoms with Crippen molar-refractivity contribution in [1.29, 1.82) is 0 Å². The summed E-state index contributed by atoms with van der Waals surface area (Å²) >= 11 is 0. The molecule has 0 atom stereocenters. The standard InChI is InChI=1S/C21H12F2O5/c22-14-7-10(1-5-16(14)25)19-13-4-3-12(24)9-18(13)28-21(27)20(19)11-2-6-17(26)15(23)8-11/h1-9,24-26H. The molecule has 5 nitrogen and oxygen atoms in total. The van der Waals surface area contributed by atoms with Gasteiger partial charge in [0.2, 0.25) is 0 Å². The quantitative estimate of drug-likeness (QED) is 0.444. The molecule has 3 N–H and O–H groups in total. The maximum atomic E-state index is 14.0. The summed E-state index contributed by atoms with van der Waals surface area (Å²) in [6.07, 6.45) is 0. The van der Waals surface area contributed by atoms with Crippen molar-refractivity contribution in [3.63, 3.8) is 0 Å². The van der Waals surface area contributed by atoms with E-state index in [1.807, 2.05) is 0 Å². The molecule has 0 radical (unpaired) electrons. The van der Waals surface area contributed by atoms with E-state index in [4.69, 9.17) is 4.42 Å². The maximum Gasteiger partial charge on any atom is 0.344 e. The Kier molecular flexibility index (Phi) is 4.00. The second-order valence-electron chi connectivity index (χ2n) is 6.15. The molecule has 0 aliphatic rings. The molecule has 0 saturated heterocycles. The third-order valence-corrected chi connectivity index (χ3v) is 4.36. The first-order valence-corrected chi connectivity index (χ1v) is 8.13. The zero-order valence-electron chi connectivity index (χ0n) is 14.1. The summed E-state index contributed by atoms with van der Waals surface area (Å²) in [5.41, 5.74) is -0.259. The zero-order chi connectivity index (χ0) is 20.0. The van der Waals surface area contributed by atoms with Crippen LogP contribution in [0.1, 0.15) is 0 Å². The van der Waals surface area contributed by atoms with Crippen LogP contribution in [0.4, 0.5) is 8.78 Å². The number of phenols is 3. The number of halogens is 2. The van der Waals surface area contributed by atoms with Crippen molar-refractivity contribution >= 4 is 11.0 Å². The first kappa shape index (κ1) is 17.5. The Morgan fingerprint density at radius 2 is 1.29 bits per heavy atom. The van der Waals surface area contributed by atoms with E-state index in [9.17, 15) is 28.9 Å². The summed E-state index contributed by atoms with van der Waals surface area (Å²) in [4.78, 5) is 12.7. The monoisotopic (exact) mass is 382 g/mol. The maximum absolute atomic E-state index is 14.0. The fourth-order valence-corrected chi connectivity index (χ4v) is 3.08. The Morgan fingerprint density at radius 3 is 1.86 bits per heavy atom. The Bertz CT molecular complexity index is 1290. The molecule has 28 heavy (non-hydrogen) atoms. The second kappa shape index (κ2) is 6.38. The Hall–Kier alpha value is -3.87. The van der Waals surface area contributed by atoms with Gasteiger partial charge in [-0.1, -0.05) is 12.1 Å². The molecule has 0 aliphatic heterocycles. The van der Waals surface area contributed by atoms with E-state index in [1.54, 1.807) is 0 Å². The van der Waals surface area contributed by atoms with E-state index in [2.05, 4.69) is 0 Å². The van der Waals surface area contributed by atoms with Crippen molar-refractivity contribution in [1.82, 2.24) is 0 Å². The van der Waals surface area contributed by atoms with Gasteiger partial charge in [-0.3, -0.25) is 0 Å². The lowest BCUT2D eigenvalue weighted by Crippen LogP contribution is -2.06. The number of aromatic hydroxyl groups is 3. The molecule has 3 aromatic carbocycles. The third-order valence-electron chi connectivity index (χ3n) is 4.36. The average molecular weight is 382 g/mol. The van der Waals surface area contributed by atoms with E-state index in [0.29, 0.717) is 5.39 Å². The second-order valence-corrected chi connectivity index (χ2v) is 6.15. The highest BCUT2D eigenvalue weighted by Gasteiger charge is 2.20. The highest BCUT2D eigenvalue weighted by atomic mass is 19.1. The molecule has 4 aromatic rings. The van der Waals surface area contributed by atoms with Gasteiger partial charge < -0.3 is 19.7 Å². The molecule has 0 unspecified atom stereocenters. The number of fused-ring (bicyclic) bond motifs is 1. The minimum absolute atomic E-state index is 0.0523. The molecule has 140 valence electrons. The average Bonchev–Trinajstić information content (AvgIpc) is 2.65. The van der Waals surface area contributed by atoms with Gasteiger partial charge in [0, 0.05) is 17.0 Å². The first-order valence-electron chi connectivity index (χ1n) is 8.13. The van der Waals surface area contributed by atoms with E-state index >= 15 is 0 Å². The molecule has 7 heteroatoms. The molecule has 0 aliphatic carbocycles. The molecule has 0 spiro atoms. The van der Waals surface area contributed by atoms with Crippen LogP contribution < -0.4 is 5.63 Å². The van der Waals surface area contributed by atoms with Gasteiger partial charge in [-0.15, -0.1) is 0 Å². The van der Waals surface area contributed by atoms with Crippen molar-refractivity contribution in [3.8, 4) is 39.5 Å². The van der Waals surface area contributed by atoms with Gasteiger partial charge in [-0.2, -0.15) is 0 Å². The van der Waals surface area contributed by atoms with Crippen LogP contribution in [0.25, 0.3) is 33.2 Å². The van der Waals surface area contributed by atoms with Crippen molar-refractivity contribution in [3.05, 3.63) is 76.7 Å². The fraction of sp³-hybridized carbons (Fsp3) is 0. The molecule has 0 amide bonds. The molecule has 1 heterocycles. The van der Waals surface area contributed by atoms with Gasteiger partial charge in [-0.25, -0.2) is 13.6 Å². The van der Waals surface area contributed by atoms with Crippen LogP contribution >= 0.6 is 0 Å². The van der Waals surface area contributed by atoms with Crippen LogP contribution in [-0.2, 0) is 0 Å². The van der Waals surface area contributed by atoms with Gasteiger partial charge in [0.15, 0.2) is 23.1 Å². The predicted molar refractivity (Wildman–Crippen MR) is 98.3 cm³/mol. The molecular formula is C21H12F2O5. The minimum Gasteiger partial charge on any atom is -0.508 e. The molecular weight excluding hydrogens is 370 g/mol. The van der Waals surface area contributed by atoms with Gasteiger partial charge in [0.1, 0.15) is 11.3 Å². The van der Waals surface area contributed by atoms with E-state index in [0.717, 1.165) is 24.3 Å². The lowest BCUT2D eigenvalue weighted by molar-refractivity contribution is 0.432. The first-order chi connectivity index (χ1) is 13.3. The smallest absolute Gasteiger partial charge is 0.344 e. The molecule has 0 fully saturated rings. The van der Waals surface area contributed by atoms with Crippen molar-refractivity contribution in [2.24, 2.45) is 0 Å². The summed E-state index contributed by atoms with van der Waals surface area (Å²) in [6.45, 7) is 0. The normalized spacial score (nSPS) is 11.1. The number of phenolic OH excluding ortho intramolecular Hbond substituents is 3. The van der Waals surface area contributed by atoms with Crippen LogP contribution in [0.3, 0.4) is 0 Å². The number of rotatable bonds is 2. The largest absolute Gasteiger partial charge is 0.508 e. The van der Waals surface area contributed by atoms with E-state index in [-0.39, 0.29) is 33.6 Å². The van der Waals surface area contributed by atoms with Gasteiger partial charge >= 0.3 is 5.63 Å². The highest BCUT2D eigenvalue weighted by molar-refractivity contribution is 6.01. The van der Waals surface area contributed by atoms with Gasteiger partial charge in [0.25, 0.3) is 0 Å². The van der Waals surface area contributed by atoms with Crippen molar-refractivity contribution in [2.75, 3.05) is 0 Å². The molecule has 0 saturated carbocycles. The summed E-state index contributed by atoms with van der Waals surface area (Å²) in [5, 5.41) is 29.0. The molecule has 0 bridgehead atoms. The SMILES string of the molecule is O=c1oc2cc(O)ccc2c(-c2ccc(O)c(F)c2)c1-c1ccc(O)c(F)c1. The third kappa shape index (κ3) is 2.83. The van der Waals surface area contributed by atoms with Crippen LogP contribution in [0.15, 0.2) is 63.8 Å². The number of hydrogen-bond donors (Lipinski definition) is 3. The summed E-state index contributed by atoms with van der Waals surface area (Å²) in [6, 6.07) is 11.0. The number of hydrogen-bond acceptors (Lipinski definition) is 5. The Morgan fingerprint density at radius 1 is 0.714 bits per heavy atom. The number of benzene rings is 3. The lowest BCUT2D eigenvalue weighted by atomic mass is 9.92. The van der Waals surface area contributed by atoms with Crippen LogP contribution in [0.5, 0.6) is 17.2 Å². The zero-order valence-corrected chi connectivity index (χ0v) is 14.1. The highest BCUT2D eigenvalue weighted by Crippen LogP contribution is 2.38. The van der Waals surface area contributed by atoms with Crippen LogP contribution in [-0.4, -0.2) is 15.3 Å². The van der Waals surface area contributed by atoms with Crippen LogP contribution in [0, 0.1) is 11.6 Å². The Labute approximate surface area is 156 Å². The van der Waals surface area contributed by atoms with Crippen LogP contribution in [0.2, 0.25) is 0 Å². The van der Waals surface area contributed by atoms with Crippen molar-refractivity contribution in [2.45, 2.75) is 0 Å². The van der Waals surface area contributed by atoms with Crippen molar-refractivity contribution < 1.29 is 28.5 Å².